The van der Waals surface area contributed by atoms with Gasteiger partial charge in [0.25, 0.3) is 11.8 Å². The summed E-state index contributed by atoms with van der Waals surface area (Å²) in [5.41, 5.74) is 0.753. The van der Waals surface area contributed by atoms with Gasteiger partial charge in [-0.05, 0) is 61.4 Å². The van der Waals surface area contributed by atoms with Gasteiger partial charge >= 0.3 is 11.9 Å². The van der Waals surface area contributed by atoms with Crippen LogP contribution >= 0.6 is 0 Å². The molecule has 250 valence electrons. The molecule has 3 aromatic heterocycles. The van der Waals surface area contributed by atoms with Gasteiger partial charge in [0.1, 0.15) is 17.8 Å². The zero-order valence-corrected chi connectivity index (χ0v) is 26.4. The number of nitrogens with zero attached hydrogens (tertiary/aromatic N) is 6. The normalized spacial score (nSPS) is 10.5. The number of benzene rings is 2. The van der Waals surface area contributed by atoms with Crippen molar-refractivity contribution in [2.75, 3.05) is 38.1 Å². The highest BCUT2D eigenvalue weighted by atomic mass is 16.5. The molecule has 0 bridgehead atoms. The van der Waals surface area contributed by atoms with E-state index < -0.39 is 23.8 Å². The lowest BCUT2D eigenvalue weighted by Crippen LogP contribution is -2.17. The fourth-order valence-corrected chi connectivity index (χ4v) is 4.37. The second-order valence-corrected chi connectivity index (χ2v) is 10.1. The standard InChI is InChI=1S/C33H30N8O8/c1-46-32(44)23-9-7-21(18-27(23)36-30(42)25-6-5-13-35-38-25)48-16-3-4-17-49-22-8-10-24(33(45)47-2)28(19-22)37-31(43)26-11-12-29(40-39-26)41-15-14-34-20-41/h5-15,18-20H,3-4,16-17H2,1-2H3,(H,36,42)(H,37,43). The molecule has 0 spiro atoms. The van der Waals surface area contributed by atoms with E-state index in [4.69, 9.17) is 18.9 Å². The number of hydrogen-bond donors (Lipinski definition) is 2. The van der Waals surface area contributed by atoms with Gasteiger partial charge < -0.3 is 29.6 Å². The van der Waals surface area contributed by atoms with E-state index in [2.05, 4.69) is 36.0 Å². The number of amides is 2. The Kier molecular flexibility index (Phi) is 11.1. The van der Waals surface area contributed by atoms with E-state index in [0.29, 0.717) is 43.4 Å². The maximum Gasteiger partial charge on any atom is 0.339 e. The molecule has 0 saturated heterocycles. The Labute approximate surface area is 279 Å². The summed E-state index contributed by atoms with van der Waals surface area (Å²) >= 11 is 0. The average molecular weight is 667 g/mol. The number of aromatic nitrogens is 6. The minimum atomic E-state index is -0.642. The number of carbonyl (C=O) groups excluding carboxylic acids is 4. The van der Waals surface area contributed by atoms with Crippen molar-refractivity contribution in [2.45, 2.75) is 12.8 Å². The van der Waals surface area contributed by atoms with Crippen LogP contribution in [0.25, 0.3) is 5.82 Å². The maximum atomic E-state index is 13.0. The molecule has 2 N–H and O–H groups in total. The number of rotatable bonds is 14. The van der Waals surface area contributed by atoms with E-state index in [0.717, 1.165) is 0 Å². The fourth-order valence-electron chi connectivity index (χ4n) is 4.37. The highest BCUT2D eigenvalue weighted by Crippen LogP contribution is 2.26. The maximum absolute atomic E-state index is 13.0. The molecule has 0 saturated carbocycles. The summed E-state index contributed by atoms with van der Waals surface area (Å²) < 4.78 is 23.0. The van der Waals surface area contributed by atoms with E-state index in [-0.39, 0.29) is 33.9 Å². The minimum Gasteiger partial charge on any atom is -0.494 e. The number of ether oxygens (including phenoxy) is 4. The van der Waals surface area contributed by atoms with Crippen LogP contribution < -0.4 is 20.1 Å². The topological polar surface area (TPSA) is 199 Å². The number of esters is 2. The predicted octanol–water partition coefficient (Wildman–Crippen LogP) is 3.77. The van der Waals surface area contributed by atoms with Crippen LogP contribution in [0.15, 0.2) is 85.6 Å². The van der Waals surface area contributed by atoms with Gasteiger partial charge in [-0.3, -0.25) is 14.2 Å². The number of carbonyl (C=O) groups is 4. The Hall–Kier alpha value is -6.71. The highest BCUT2D eigenvalue weighted by Gasteiger charge is 2.19. The Morgan fingerprint density at radius 2 is 1.29 bits per heavy atom. The van der Waals surface area contributed by atoms with Gasteiger partial charge in [0.2, 0.25) is 0 Å². The summed E-state index contributed by atoms with van der Waals surface area (Å²) in [5, 5.41) is 20.8. The number of unbranched alkanes of at least 4 members (excludes halogenated alkanes) is 1. The van der Waals surface area contributed by atoms with E-state index >= 15 is 0 Å². The molecule has 2 aromatic carbocycles. The molecular formula is C33H30N8O8. The Balaban J connectivity index is 1.15. The summed E-state index contributed by atoms with van der Waals surface area (Å²) in [6.07, 6.45) is 7.47. The number of nitrogens with one attached hydrogen (secondary N) is 2. The predicted molar refractivity (Wildman–Crippen MR) is 173 cm³/mol. The van der Waals surface area contributed by atoms with Gasteiger partial charge in [-0.15, -0.1) is 15.3 Å². The molecule has 0 fully saturated rings. The second-order valence-electron chi connectivity index (χ2n) is 10.1. The third-order valence-corrected chi connectivity index (χ3v) is 6.82. The Morgan fingerprint density at radius 3 is 1.76 bits per heavy atom. The molecule has 0 aliphatic rings. The molecule has 0 radical (unpaired) electrons. The Morgan fingerprint density at radius 1 is 0.694 bits per heavy atom. The van der Waals surface area contributed by atoms with E-state index in [1.807, 2.05) is 0 Å². The quantitative estimate of drug-likeness (QED) is 0.128. The zero-order chi connectivity index (χ0) is 34.6. The largest absolute Gasteiger partial charge is 0.494 e. The molecule has 5 aromatic rings. The molecule has 0 aliphatic carbocycles. The van der Waals surface area contributed by atoms with Crippen LogP contribution in [0.1, 0.15) is 54.5 Å². The monoisotopic (exact) mass is 666 g/mol. The molecular weight excluding hydrogens is 636 g/mol. The van der Waals surface area contributed by atoms with E-state index in [1.165, 1.54) is 56.8 Å². The van der Waals surface area contributed by atoms with Crippen LogP contribution in [0.5, 0.6) is 11.5 Å². The molecule has 3 heterocycles. The molecule has 0 unspecified atom stereocenters. The third-order valence-electron chi connectivity index (χ3n) is 6.82. The van der Waals surface area contributed by atoms with Crippen molar-refractivity contribution in [3.63, 3.8) is 0 Å². The van der Waals surface area contributed by atoms with Crippen molar-refractivity contribution in [2.24, 2.45) is 0 Å². The van der Waals surface area contributed by atoms with E-state index in [9.17, 15) is 19.2 Å². The van der Waals surface area contributed by atoms with Crippen LogP contribution in [0.2, 0.25) is 0 Å². The second kappa shape index (κ2) is 16.2. The van der Waals surface area contributed by atoms with Crippen LogP contribution in [-0.2, 0) is 9.47 Å². The molecule has 16 heteroatoms. The number of anilines is 2. The summed E-state index contributed by atoms with van der Waals surface area (Å²) in [6, 6.07) is 15.4. The number of hydrogen-bond acceptors (Lipinski definition) is 13. The summed E-state index contributed by atoms with van der Waals surface area (Å²) in [4.78, 5) is 54.2. The lowest BCUT2D eigenvalue weighted by molar-refractivity contribution is 0.0592. The first kappa shape index (κ1) is 33.6. The molecule has 0 atom stereocenters. The lowest BCUT2D eigenvalue weighted by atomic mass is 10.1. The van der Waals surface area contributed by atoms with Gasteiger partial charge in [0.15, 0.2) is 17.2 Å². The molecule has 49 heavy (non-hydrogen) atoms. The first-order chi connectivity index (χ1) is 23.9. The van der Waals surface area contributed by atoms with Crippen LogP contribution in [0.4, 0.5) is 11.4 Å². The van der Waals surface area contributed by atoms with Crippen molar-refractivity contribution in [1.29, 1.82) is 0 Å². The van der Waals surface area contributed by atoms with Crippen molar-refractivity contribution < 1.29 is 38.1 Å². The van der Waals surface area contributed by atoms with Crippen molar-refractivity contribution in [3.8, 4) is 17.3 Å². The highest BCUT2D eigenvalue weighted by molar-refractivity contribution is 6.08. The summed E-state index contributed by atoms with van der Waals surface area (Å²) in [6.45, 7) is 0.609. The van der Waals surface area contributed by atoms with Crippen molar-refractivity contribution in [3.05, 3.63) is 108 Å². The smallest absolute Gasteiger partial charge is 0.339 e. The zero-order valence-electron chi connectivity index (χ0n) is 26.4. The van der Waals surface area contributed by atoms with Crippen molar-refractivity contribution in [1.82, 2.24) is 29.9 Å². The first-order valence-corrected chi connectivity index (χ1v) is 14.8. The molecule has 16 nitrogen and oxygen atoms in total. The number of imidazole rings is 1. The van der Waals surface area contributed by atoms with Gasteiger partial charge in [-0.25, -0.2) is 14.6 Å². The lowest BCUT2D eigenvalue weighted by Gasteiger charge is -2.13. The average Bonchev–Trinajstić information content (AvgIpc) is 3.68. The molecule has 5 rings (SSSR count). The van der Waals surface area contributed by atoms with Crippen LogP contribution in [-0.4, -0.2) is 81.1 Å². The van der Waals surface area contributed by atoms with Gasteiger partial charge in [0.05, 0.1) is 49.9 Å². The number of methoxy groups -OCH3 is 2. The third kappa shape index (κ3) is 8.76. The van der Waals surface area contributed by atoms with Crippen molar-refractivity contribution >= 4 is 35.1 Å². The van der Waals surface area contributed by atoms with Crippen LogP contribution in [0.3, 0.4) is 0 Å². The summed E-state index contributed by atoms with van der Waals surface area (Å²) in [7, 11) is 2.48. The molecule has 0 aliphatic heterocycles. The summed E-state index contributed by atoms with van der Waals surface area (Å²) in [5.74, 6) is -1.10. The van der Waals surface area contributed by atoms with E-state index in [1.54, 1.807) is 47.6 Å². The van der Waals surface area contributed by atoms with Crippen LogP contribution in [0, 0.1) is 0 Å². The van der Waals surface area contributed by atoms with Gasteiger partial charge in [-0.2, -0.15) is 5.10 Å². The fraction of sp³-hybridized carbons (Fsp3) is 0.182. The molecule has 2 amide bonds. The SMILES string of the molecule is COC(=O)c1ccc(OCCCCOc2ccc(C(=O)OC)c(NC(=O)c3ccc(-n4ccnc4)nn3)c2)cc1NC(=O)c1cccnn1. The van der Waals surface area contributed by atoms with Gasteiger partial charge in [0, 0.05) is 30.7 Å². The van der Waals surface area contributed by atoms with Gasteiger partial charge in [-0.1, -0.05) is 0 Å². The Bertz CT molecular complexity index is 1920. The first-order valence-electron chi connectivity index (χ1n) is 14.8. The minimum absolute atomic E-state index is 0.0333.